The highest BCUT2D eigenvalue weighted by Crippen LogP contribution is 2.20. The molecule has 0 aromatic heterocycles. The minimum Gasteiger partial charge on any atom is -0.508 e. The molecule has 0 aliphatic carbocycles. The average Bonchev–Trinajstić information content (AvgIpc) is 2.69. The largest absolute Gasteiger partial charge is 0.508 e. The van der Waals surface area contributed by atoms with Crippen molar-refractivity contribution in [1.29, 1.82) is 0 Å². The Morgan fingerprint density at radius 3 is 2.48 bits per heavy atom. The Balaban J connectivity index is 1.38. The first kappa shape index (κ1) is 19.0. The van der Waals surface area contributed by atoms with E-state index in [1.165, 1.54) is 0 Å². The number of hydrogen-bond acceptors (Lipinski definition) is 5. The summed E-state index contributed by atoms with van der Waals surface area (Å²) in [5.74, 6) is 1.20. The van der Waals surface area contributed by atoms with Crippen LogP contribution in [0.5, 0.6) is 11.5 Å². The normalized spacial score (nSPS) is 14.8. The molecule has 0 radical (unpaired) electrons. The quantitative estimate of drug-likeness (QED) is 0.780. The second kappa shape index (κ2) is 9.28. The Bertz CT molecular complexity index is 741. The van der Waals surface area contributed by atoms with Gasteiger partial charge in [-0.25, -0.2) is 0 Å². The number of carbonyl (C=O) groups is 1. The van der Waals surface area contributed by atoms with Gasteiger partial charge in [0.25, 0.3) is 0 Å². The van der Waals surface area contributed by atoms with Crippen LogP contribution in [-0.4, -0.2) is 62.3 Å². The lowest BCUT2D eigenvalue weighted by Gasteiger charge is -2.35. The van der Waals surface area contributed by atoms with E-state index < -0.39 is 0 Å². The first-order chi connectivity index (χ1) is 13.2. The van der Waals surface area contributed by atoms with Crippen molar-refractivity contribution in [3.63, 3.8) is 0 Å². The number of aromatic hydroxyl groups is 1. The van der Waals surface area contributed by atoms with Crippen molar-refractivity contribution in [2.45, 2.75) is 6.42 Å². The zero-order valence-corrected chi connectivity index (χ0v) is 15.7. The van der Waals surface area contributed by atoms with E-state index in [0.717, 1.165) is 49.6 Å². The van der Waals surface area contributed by atoms with E-state index in [-0.39, 0.29) is 11.7 Å². The molecule has 1 fully saturated rings. The second-order valence-corrected chi connectivity index (χ2v) is 6.69. The predicted molar refractivity (Wildman–Crippen MR) is 106 cm³/mol. The number of phenolic OH excluding ortho intramolecular Hbond substituents is 1. The Hall–Kier alpha value is -2.73. The average molecular weight is 369 g/mol. The molecule has 0 spiro atoms. The predicted octanol–water partition coefficient (Wildman–Crippen LogP) is 1.88. The van der Waals surface area contributed by atoms with Crippen molar-refractivity contribution < 1.29 is 14.6 Å². The minimum atomic E-state index is 0.0583. The molecule has 27 heavy (non-hydrogen) atoms. The molecular formula is C21H27N3O3. The second-order valence-electron chi connectivity index (χ2n) is 6.69. The van der Waals surface area contributed by atoms with Gasteiger partial charge in [0.05, 0.1) is 13.7 Å². The van der Waals surface area contributed by atoms with Gasteiger partial charge in [0, 0.05) is 38.4 Å². The summed E-state index contributed by atoms with van der Waals surface area (Å²) in [5, 5.41) is 12.4. The third kappa shape index (κ3) is 5.37. The molecule has 0 saturated carbocycles. The summed E-state index contributed by atoms with van der Waals surface area (Å²) in [6.45, 7) is 4.47. The zero-order chi connectivity index (χ0) is 19.1. The molecule has 3 rings (SSSR count). The maximum absolute atomic E-state index is 12.2. The van der Waals surface area contributed by atoms with Crippen molar-refractivity contribution in [3.05, 3.63) is 54.1 Å². The molecule has 6 heteroatoms. The van der Waals surface area contributed by atoms with E-state index in [1.807, 2.05) is 36.4 Å². The fourth-order valence-electron chi connectivity index (χ4n) is 3.33. The van der Waals surface area contributed by atoms with Crippen LogP contribution in [0.1, 0.15) is 5.56 Å². The van der Waals surface area contributed by atoms with Crippen LogP contribution < -0.4 is 15.0 Å². The number of phenols is 1. The fourth-order valence-corrected chi connectivity index (χ4v) is 3.33. The standard InChI is InChI=1S/C21H27N3O3/c1-27-20-5-3-2-4-17(20)10-11-22-21(26)16-23-12-14-24(15-13-23)18-6-8-19(25)9-7-18/h2-9,25H,10-16H2,1H3,(H,22,26). The lowest BCUT2D eigenvalue weighted by Crippen LogP contribution is -2.49. The molecular weight excluding hydrogens is 342 g/mol. The van der Waals surface area contributed by atoms with Gasteiger partial charge < -0.3 is 20.1 Å². The number of methoxy groups -OCH3 is 1. The molecule has 1 aliphatic rings. The maximum atomic E-state index is 12.2. The number of anilines is 1. The molecule has 2 aromatic carbocycles. The first-order valence-electron chi connectivity index (χ1n) is 9.30. The molecule has 1 saturated heterocycles. The van der Waals surface area contributed by atoms with Crippen molar-refractivity contribution in [2.75, 3.05) is 51.3 Å². The number of rotatable bonds is 7. The van der Waals surface area contributed by atoms with E-state index in [1.54, 1.807) is 19.2 Å². The summed E-state index contributed by atoms with van der Waals surface area (Å²) in [7, 11) is 1.66. The van der Waals surface area contributed by atoms with Gasteiger partial charge in [0.2, 0.25) is 5.91 Å². The molecule has 2 aromatic rings. The number of piperazine rings is 1. The van der Waals surface area contributed by atoms with Crippen LogP contribution in [0.2, 0.25) is 0 Å². The van der Waals surface area contributed by atoms with E-state index in [0.29, 0.717) is 13.1 Å². The van der Waals surface area contributed by atoms with Crippen LogP contribution in [0, 0.1) is 0 Å². The summed E-state index contributed by atoms with van der Waals surface area (Å²) in [4.78, 5) is 16.7. The zero-order valence-electron chi connectivity index (χ0n) is 15.7. The number of hydrogen-bond donors (Lipinski definition) is 2. The van der Waals surface area contributed by atoms with Crippen LogP contribution in [-0.2, 0) is 11.2 Å². The molecule has 1 amide bonds. The monoisotopic (exact) mass is 369 g/mol. The minimum absolute atomic E-state index is 0.0583. The van der Waals surface area contributed by atoms with Gasteiger partial charge >= 0.3 is 0 Å². The van der Waals surface area contributed by atoms with Gasteiger partial charge in [0.15, 0.2) is 0 Å². The number of nitrogens with zero attached hydrogens (tertiary/aromatic N) is 2. The number of ether oxygens (including phenoxy) is 1. The fraction of sp³-hybridized carbons (Fsp3) is 0.381. The highest BCUT2D eigenvalue weighted by molar-refractivity contribution is 5.78. The van der Waals surface area contributed by atoms with Crippen molar-refractivity contribution >= 4 is 11.6 Å². The Morgan fingerprint density at radius 2 is 1.78 bits per heavy atom. The Morgan fingerprint density at radius 1 is 1.07 bits per heavy atom. The summed E-state index contributed by atoms with van der Waals surface area (Å²) in [6, 6.07) is 15.1. The Labute approximate surface area is 160 Å². The summed E-state index contributed by atoms with van der Waals surface area (Å²) >= 11 is 0. The van der Waals surface area contributed by atoms with E-state index >= 15 is 0 Å². The van der Waals surface area contributed by atoms with Crippen LogP contribution in [0.15, 0.2) is 48.5 Å². The van der Waals surface area contributed by atoms with Crippen LogP contribution in [0.25, 0.3) is 0 Å². The van der Waals surface area contributed by atoms with Crippen LogP contribution in [0.4, 0.5) is 5.69 Å². The third-order valence-electron chi connectivity index (χ3n) is 4.86. The van der Waals surface area contributed by atoms with Crippen molar-refractivity contribution in [3.8, 4) is 11.5 Å². The van der Waals surface area contributed by atoms with Crippen LogP contribution in [0.3, 0.4) is 0 Å². The first-order valence-corrected chi connectivity index (χ1v) is 9.30. The van der Waals surface area contributed by atoms with E-state index in [9.17, 15) is 9.90 Å². The topological polar surface area (TPSA) is 65.0 Å². The van der Waals surface area contributed by atoms with Gasteiger partial charge in [-0.2, -0.15) is 0 Å². The number of carbonyl (C=O) groups excluding carboxylic acids is 1. The summed E-state index contributed by atoms with van der Waals surface area (Å²) in [6.07, 6.45) is 0.754. The lowest BCUT2D eigenvalue weighted by molar-refractivity contribution is -0.122. The van der Waals surface area contributed by atoms with Gasteiger partial charge in [0.1, 0.15) is 11.5 Å². The number of nitrogens with one attached hydrogen (secondary N) is 1. The molecule has 0 bridgehead atoms. The molecule has 0 unspecified atom stereocenters. The van der Waals surface area contributed by atoms with Crippen molar-refractivity contribution in [2.24, 2.45) is 0 Å². The lowest BCUT2D eigenvalue weighted by atomic mass is 10.1. The molecule has 2 N–H and O–H groups in total. The van der Waals surface area contributed by atoms with E-state index in [4.69, 9.17) is 4.74 Å². The van der Waals surface area contributed by atoms with Crippen molar-refractivity contribution in [1.82, 2.24) is 10.2 Å². The smallest absolute Gasteiger partial charge is 0.234 e. The third-order valence-corrected chi connectivity index (χ3v) is 4.86. The molecule has 1 aliphatic heterocycles. The molecule has 1 heterocycles. The highest BCUT2D eigenvalue weighted by Gasteiger charge is 2.19. The van der Waals surface area contributed by atoms with Gasteiger partial charge in [-0.05, 0) is 42.3 Å². The maximum Gasteiger partial charge on any atom is 0.234 e. The Kier molecular flexibility index (Phi) is 6.54. The van der Waals surface area contributed by atoms with Crippen LogP contribution >= 0.6 is 0 Å². The molecule has 0 atom stereocenters. The van der Waals surface area contributed by atoms with Gasteiger partial charge in [-0.3, -0.25) is 9.69 Å². The van der Waals surface area contributed by atoms with Gasteiger partial charge in [-0.15, -0.1) is 0 Å². The van der Waals surface area contributed by atoms with Gasteiger partial charge in [-0.1, -0.05) is 18.2 Å². The number of para-hydroxylation sites is 1. The molecule has 6 nitrogen and oxygen atoms in total. The summed E-state index contributed by atoms with van der Waals surface area (Å²) < 4.78 is 5.34. The SMILES string of the molecule is COc1ccccc1CCNC(=O)CN1CCN(c2ccc(O)cc2)CC1. The number of benzene rings is 2. The highest BCUT2D eigenvalue weighted by atomic mass is 16.5. The summed E-state index contributed by atoms with van der Waals surface area (Å²) in [5.41, 5.74) is 2.21. The van der Waals surface area contributed by atoms with E-state index in [2.05, 4.69) is 15.1 Å². The number of amides is 1. The molecule has 144 valence electrons.